The van der Waals surface area contributed by atoms with Crippen LogP contribution in [0.1, 0.15) is 30.9 Å². The average molecular weight is 371 g/mol. The number of hydrogen-bond donors (Lipinski definition) is 0. The average Bonchev–Trinajstić information content (AvgIpc) is 2.68. The number of likely N-dealkylation sites (tertiary alicyclic amines) is 1. The topological polar surface area (TPSA) is 32.3 Å². The van der Waals surface area contributed by atoms with E-state index in [1.165, 1.54) is 37.1 Å². The normalized spacial score (nSPS) is 16.3. The van der Waals surface area contributed by atoms with Crippen LogP contribution in [0.25, 0.3) is 0 Å². The third kappa shape index (κ3) is 5.79. The largest absolute Gasteiger partial charge is 0.306 e. The van der Waals surface area contributed by atoms with Gasteiger partial charge in [-0.1, -0.05) is 49.0 Å². The van der Waals surface area contributed by atoms with E-state index < -0.39 is 0 Å². The molecule has 0 aliphatic carbocycles. The van der Waals surface area contributed by atoms with Gasteiger partial charge in [-0.2, -0.15) is 0 Å². The molecule has 1 aliphatic rings. The van der Waals surface area contributed by atoms with Gasteiger partial charge in [0.25, 0.3) is 0 Å². The van der Waals surface area contributed by atoms with Crippen LogP contribution < -0.4 is 0 Å². The minimum absolute atomic E-state index is 0.652. The number of piperidine rings is 1. The van der Waals surface area contributed by atoms with Gasteiger partial charge in [-0.05, 0) is 50.7 Å². The van der Waals surface area contributed by atoms with Gasteiger partial charge < -0.3 is 4.90 Å². The Morgan fingerprint density at radius 3 is 2.42 bits per heavy atom. The van der Waals surface area contributed by atoms with Gasteiger partial charge in [-0.25, -0.2) is 9.97 Å². The first-order valence-corrected chi connectivity index (χ1v) is 10.6. The molecule has 2 heterocycles. The second-order valence-electron chi connectivity index (χ2n) is 7.05. The molecule has 0 amide bonds. The lowest BCUT2D eigenvalue weighted by Gasteiger charge is -2.37. The van der Waals surface area contributed by atoms with Gasteiger partial charge in [0.15, 0.2) is 5.16 Å². The summed E-state index contributed by atoms with van der Waals surface area (Å²) < 4.78 is 0. The number of nitrogens with zero attached hydrogens (tertiary/aromatic N) is 4. The molecule has 26 heavy (non-hydrogen) atoms. The molecule has 0 N–H and O–H groups in total. The highest BCUT2D eigenvalue weighted by Crippen LogP contribution is 2.19. The molecule has 1 fully saturated rings. The zero-order valence-corrected chi connectivity index (χ0v) is 16.8. The van der Waals surface area contributed by atoms with Crippen LogP contribution >= 0.6 is 11.8 Å². The predicted octanol–water partition coefficient (Wildman–Crippen LogP) is 3.73. The molecule has 0 radical (unpaired) electrons. The summed E-state index contributed by atoms with van der Waals surface area (Å²) in [6.07, 6.45) is 7.61. The van der Waals surface area contributed by atoms with Crippen molar-refractivity contribution in [2.45, 2.75) is 43.9 Å². The maximum Gasteiger partial charge on any atom is 0.187 e. The maximum absolute atomic E-state index is 4.51. The second kappa shape index (κ2) is 10.0. The molecule has 0 saturated carbocycles. The highest BCUT2D eigenvalue weighted by molar-refractivity contribution is 7.99. The van der Waals surface area contributed by atoms with E-state index >= 15 is 0 Å². The van der Waals surface area contributed by atoms with E-state index in [9.17, 15) is 0 Å². The van der Waals surface area contributed by atoms with Crippen LogP contribution in [0.4, 0.5) is 0 Å². The Morgan fingerprint density at radius 2 is 1.77 bits per heavy atom. The molecule has 1 saturated heterocycles. The third-order valence-corrected chi connectivity index (χ3v) is 5.83. The third-order valence-electron chi connectivity index (χ3n) is 5.08. The van der Waals surface area contributed by atoms with Crippen molar-refractivity contribution in [3.05, 3.63) is 53.9 Å². The molecule has 140 valence electrons. The van der Waals surface area contributed by atoms with E-state index in [2.05, 4.69) is 64.1 Å². The van der Waals surface area contributed by atoms with Crippen LogP contribution in [0.3, 0.4) is 0 Å². The second-order valence-corrected chi connectivity index (χ2v) is 8.28. The minimum atomic E-state index is 0.652. The molecule has 3 rings (SSSR count). The number of hydrogen-bond acceptors (Lipinski definition) is 5. The fourth-order valence-corrected chi connectivity index (χ4v) is 4.04. The summed E-state index contributed by atoms with van der Waals surface area (Å²) in [7, 11) is 2.22. The van der Waals surface area contributed by atoms with E-state index in [0.29, 0.717) is 6.04 Å². The van der Waals surface area contributed by atoms with Crippen molar-refractivity contribution in [2.75, 3.05) is 32.4 Å². The van der Waals surface area contributed by atoms with Crippen molar-refractivity contribution in [1.29, 1.82) is 0 Å². The smallest absolute Gasteiger partial charge is 0.187 e. The van der Waals surface area contributed by atoms with Crippen molar-refractivity contribution in [3.63, 3.8) is 0 Å². The Kier molecular flexibility index (Phi) is 7.47. The molecule has 0 bridgehead atoms. The number of aromatic nitrogens is 2. The molecule has 0 unspecified atom stereocenters. The van der Waals surface area contributed by atoms with Crippen molar-refractivity contribution < 1.29 is 0 Å². The Balaban J connectivity index is 1.65. The first-order valence-electron chi connectivity index (χ1n) is 9.65. The van der Waals surface area contributed by atoms with E-state index in [1.807, 2.05) is 12.4 Å². The summed E-state index contributed by atoms with van der Waals surface area (Å²) in [5.41, 5.74) is 2.63. The summed E-state index contributed by atoms with van der Waals surface area (Å²) in [5, 5.41) is 0.881. The summed E-state index contributed by atoms with van der Waals surface area (Å²) >= 11 is 1.70. The number of rotatable bonds is 8. The van der Waals surface area contributed by atoms with E-state index in [-0.39, 0.29) is 0 Å². The Bertz CT molecular complexity index is 639. The molecule has 0 spiro atoms. The van der Waals surface area contributed by atoms with Gasteiger partial charge in [-0.15, -0.1) is 0 Å². The minimum Gasteiger partial charge on any atom is -0.306 e. The van der Waals surface area contributed by atoms with E-state index in [4.69, 9.17) is 0 Å². The van der Waals surface area contributed by atoms with Crippen LogP contribution in [-0.2, 0) is 13.0 Å². The van der Waals surface area contributed by atoms with Crippen molar-refractivity contribution in [3.8, 4) is 0 Å². The lowest BCUT2D eigenvalue weighted by molar-refractivity contribution is 0.115. The van der Waals surface area contributed by atoms with Crippen molar-refractivity contribution >= 4 is 11.8 Å². The fourth-order valence-electron chi connectivity index (χ4n) is 3.53. The molecule has 5 heteroatoms. The molecule has 4 nitrogen and oxygen atoms in total. The molecule has 0 atom stereocenters. The van der Waals surface area contributed by atoms with E-state index in [1.54, 1.807) is 11.8 Å². The quantitative estimate of drug-likeness (QED) is 0.522. The molecular formula is C21H30N4S. The summed E-state index contributed by atoms with van der Waals surface area (Å²) in [6, 6.07) is 11.5. The zero-order chi connectivity index (χ0) is 18.2. The van der Waals surface area contributed by atoms with Gasteiger partial charge in [0.05, 0.1) is 0 Å². The van der Waals surface area contributed by atoms with Crippen LogP contribution in [-0.4, -0.2) is 58.2 Å². The predicted molar refractivity (Wildman–Crippen MR) is 110 cm³/mol. The maximum atomic E-state index is 4.51. The lowest BCUT2D eigenvalue weighted by atomic mass is 10.0. The first kappa shape index (κ1) is 19.3. The molecule has 1 aromatic heterocycles. The standard InChI is InChI=1S/C21H30N4S/c1-3-26-21-22-15-19(16-23-21)17-25(20-10-12-24(2)13-11-20)14-9-18-7-5-4-6-8-18/h4-8,15-16,20H,3,9-14,17H2,1-2H3. The van der Waals surface area contributed by atoms with Crippen LogP contribution in [0, 0.1) is 0 Å². The van der Waals surface area contributed by atoms with Crippen LogP contribution in [0.5, 0.6) is 0 Å². The Morgan fingerprint density at radius 1 is 1.08 bits per heavy atom. The van der Waals surface area contributed by atoms with Gasteiger partial charge in [0.2, 0.25) is 0 Å². The van der Waals surface area contributed by atoms with Crippen LogP contribution in [0.15, 0.2) is 47.9 Å². The monoisotopic (exact) mass is 370 g/mol. The number of benzene rings is 1. The lowest BCUT2D eigenvalue weighted by Crippen LogP contribution is -2.44. The first-order chi connectivity index (χ1) is 12.7. The Hall–Kier alpha value is -1.43. The van der Waals surface area contributed by atoms with Crippen molar-refractivity contribution in [2.24, 2.45) is 0 Å². The highest BCUT2D eigenvalue weighted by Gasteiger charge is 2.23. The van der Waals surface area contributed by atoms with Gasteiger partial charge in [-0.3, -0.25) is 4.90 Å². The molecule has 2 aromatic rings. The van der Waals surface area contributed by atoms with Gasteiger partial charge >= 0.3 is 0 Å². The molecular weight excluding hydrogens is 340 g/mol. The summed E-state index contributed by atoms with van der Waals surface area (Å²) in [6.45, 7) is 6.54. The fraction of sp³-hybridized carbons (Fsp3) is 0.524. The Labute approximate surface area is 162 Å². The number of thioether (sulfide) groups is 1. The van der Waals surface area contributed by atoms with Gasteiger partial charge in [0, 0.05) is 37.1 Å². The summed E-state index contributed by atoms with van der Waals surface area (Å²) in [4.78, 5) is 14.1. The SMILES string of the molecule is CCSc1ncc(CN(CCc2ccccc2)C2CCN(C)CC2)cn1. The van der Waals surface area contributed by atoms with Crippen molar-refractivity contribution in [1.82, 2.24) is 19.8 Å². The molecule has 1 aliphatic heterocycles. The van der Waals surface area contributed by atoms with E-state index in [0.717, 1.165) is 30.4 Å². The highest BCUT2D eigenvalue weighted by atomic mass is 32.2. The summed E-state index contributed by atoms with van der Waals surface area (Å²) in [5.74, 6) is 1.01. The van der Waals surface area contributed by atoms with Crippen LogP contribution in [0.2, 0.25) is 0 Å². The van der Waals surface area contributed by atoms with Gasteiger partial charge in [0.1, 0.15) is 0 Å². The molecule has 1 aromatic carbocycles. The zero-order valence-electron chi connectivity index (χ0n) is 16.0.